The molecule has 0 aromatic rings. The van der Waals surface area contributed by atoms with Gasteiger partial charge < -0.3 is 10.2 Å². The third-order valence-electron chi connectivity index (χ3n) is 1.17. The number of carbonyl (C=O) groups excluding carboxylic acids is 1. The van der Waals surface area contributed by atoms with Gasteiger partial charge in [0, 0.05) is 13.3 Å². The number of carbonyl (C=O) groups is 3. The fourth-order valence-corrected chi connectivity index (χ4v) is 0.582. The largest absolute Gasteiger partial charge is 0.481 e. The van der Waals surface area contributed by atoms with E-state index in [0.29, 0.717) is 0 Å². The number of amides is 1. The highest BCUT2D eigenvalue weighted by Crippen LogP contribution is 1.93. The van der Waals surface area contributed by atoms with Crippen molar-refractivity contribution in [1.29, 1.82) is 0 Å². The number of carboxylic acid groups (broad SMARTS) is 2. The van der Waals surface area contributed by atoms with Gasteiger partial charge in [0.25, 0.3) is 0 Å². The summed E-state index contributed by atoms with van der Waals surface area (Å²) in [5, 5.41) is 20.1. The van der Waals surface area contributed by atoms with E-state index in [9.17, 15) is 14.4 Å². The van der Waals surface area contributed by atoms with Gasteiger partial charge in [0.2, 0.25) is 5.91 Å². The zero-order valence-electron chi connectivity index (χ0n) is 7.48. The van der Waals surface area contributed by atoms with Crippen molar-refractivity contribution in [3.63, 3.8) is 0 Å². The van der Waals surface area contributed by atoms with Gasteiger partial charge in [0.05, 0.1) is 6.42 Å². The number of carboxylic acids is 2. The van der Waals surface area contributed by atoms with Gasteiger partial charge in [-0.2, -0.15) is 5.10 Å². The maximum absolute atomic E-state index is 10.4. The van der Waals surface area contributed by atoms with Crippen molar-refractivity contribution >= 4 is 23.6 Å². The zero-order chi connectivity index (χ0) is 11.1. The van der Waals surface area contributed by atoms with Crippen LogP contribution in [0.5, 0.6) is 0 Å². The molecule has 3 N–H and O–H groups in total. The minimum atomic E-state index is -1.35. The molecule has 0 heterocycles. The summed E-state index contributed by atoms with van der Waals surface area (Å²) in [6, 6.07) is 0. The molecule has 0 unspecified atom stereocenters. The maximum atomic E-state index is 10.4. The molecule has 7 nitrogen and oxygen atoms in total. The minimum absolute atomic E-state index is 0.231. The van der Waals surface area contributed by atoms with Gasteiger partial charge in [-0.05, 0) is 0 Å². The number of hydrazone groups is 1. The molecule has 0 atom stereocenters. The lowest BCUT2D eigenvalue weighted by molar-refractivity contribution is -0.136. The standard InChI is InChI=1S/C7H10N2O5/c1-4(10)8-9-5(7(13)14)2-3-6(11)12/h2-3H2,1H3,(H,8,10)(H,11,12)(H,13,14). The van der Waals surface area contributed by atoms with E-state index >= 15 is 0 Å². The lowest BCUT2D eigenvalue weighted by Crippen LogP contribution is -2.21. The predicted octanol–water partition coefficient (Wildman–Crippen LogP) is -0.572. The number of hydrogen-bond donors (Lipinski definition) is 3. The van der Waals surface area contributed by atoms with Crippen molar-refractivity contribution < 1.29 is 24.6 Å². The molecule has 0 radical (unpaired) electrons. The summed E-state index contributed by atoms with van der Waals surface area (Å²) in [6.07, 6.45) is -0.574. The van der Waals surface area contributed by atoms with Gasteiger partial charge in [-0.15, -0.1) is 0 Å². The van der Waals surface area contributed by atoms with Gasteiger partial charge in [0.1, 0.15) is 5.71 Å². The molecule has 0 aliphatic heterocycles. The van der Waals surface area contributed by atoms with Crippen molar-refractivity contribution in [2.45, 2.75) is 19.8 Å². The second kappa shape index (κ2) is 5.68. The highest BCUT2D eigenvalue weighted by atomic mass is 16.4. The molecule has 0 saturated heterocycles. The molecule has 7 heteroatoms. The molecule has 0 fully saturated rings. The fraction of sp³-hybridized carbons (Fsp3) is 0.429. The molecule has 0 aliphatic carbocycles. The molecule has 0 aromatic heterocycles. The Hall–Kier alpha value is -1.92. The molecule has 0 bridgehead atoms. The average Bonchev–Trinajstić information content (AvgIpc) is 2.02. The SMILES string of the molecule is CC(=O)NN=C(CCC(=O)O)C(=O)O. The Labute approximate surface area is 79.4 Å². The van der Waals surface area contributed by atoms with Crippen LogP contribution < -0.4 is 5.43 Å². The maximum Gasteiger partial charge on any atom is 0.352 e. The Bertz CT molecular complexity index is 284. The van der Waals surface area contributed by atoms with Crippen LogP contribution in [0.4, 0.5) is 0 Å². The van der Waals surface area contributed by atoms with Crippen molar-refractivity contribution in [3.05, 3.63) is 0 Å². The number of nitrogens with one attached hydrogen (secondary N) is 1. The van der Waals surface area contributed by atoms with E-state index in [1.54, 1.807) is 0 Å². The normalized spacial score (nSPS) is 10.8. The summed E-state index contributed by atoms with van der Waals surface area (Å²) in [4.78, 5) is 31.0. The van der Waals surface area contributed by atoms with Crippen molar-refractivity contribution in [2.75, 3.05) is 0 Å². The monoisotopic (exact) mass is 202 g/mol. The summed E-state index contributed by atoms with van der Waals surface area (Å²) < 4.78 is 0. The van der Waals surface area contributed by atoms with Crippen molar-refractivity contribution in [2.24, 2.45) is 5.10 Å². The average molecular weight is 202 g/mol. The first-order valence-corrected chi connectivity index (χ1v) is 3.71. The molecule has 0 spiro atoms. The Kier molecular flexibility index (Phi) is 4.90. The van der Waals surface area contributed by atoms with E-state index < -0.39 is 17.8 Å². The lowest BCUT2D eigenvalue weighted by atomic mass is 10.2. The van der Waals surface area contributed by atoms with E-state index in [2.05, 4.69) is 5.10 Å². The van der Waals surface area contributed by atoms with Crippen LogP contribution in [0.1, 0.15) is 19.8 Å². The number of rotatable bonds is 5. The van der Waals surface area contributed by atoms with Crippen LogP contribution in [0.3, 0.4) is 0 Å². The van der Waals surface area contributed by atoms with E-state index in [1.807, 2.05) is 5.43 Å². The molecule has 0 aliphatic rings. The summed E-state index contributed by atoms with van der Waals surface area (Å²) >= 11 is 0. The highest BCUT2D eigenvalue weighted by molar-refractivity contribution is 6.35. The Morgan fingerprint density at radius 2 is 1.79 bits per heavy atom. The van der Waals surface area contributed by atoms with Crippen LogP contribution in [0, 0.1) is 0 Å². The fourth-order valence-electron chi connectivity index (χ4n) is 0.582. The first-order chi connectivity index (χ1) is 6.43. The van der Waals surface area contributed by atoms with Crippen LogP contribution in [-0.2, 0) is 14.4 Å². The summed E-state index contributed by atoms with van der Waals surface area (Å²) in [5.41, 5.74) is 1.54. The van der Waals surface area contributed by atoms with Gasteiger partial charge >= 0.3 is 11.9 Å². The van der Waals surface area contributed by atoms with E-state index in [1.165, 1.54) is 6.92 Å². The molecule has 0 rings (SSSR count). The molecule has 1 amide bonds. The van der Waals surface area contributed by atoms with Gasteiger partial charge in [-0.25, -0.2) is 10.2 Å². The van der Waals surface area contributed by atoms with E-state index in [0.717, 1.165) is 0 Å². The molecular weight excluding hydrogens is 192 g/mol. The third kappa shape index (κ3) is 5.70. The molecule has 78 valence electrons. The third-order valence-corrected chi connectivity index (χ3v) is 1.17. The minimum Gasteiger partial charge on any atom is -0.481 e. The van der Waals surface area contributed by atoms with Crippen LogP contribution >= 0.6 is 0 Å². The van der Waals surface area contributed by atoms with Crippen LogP contribution in [0.15, 0.2) is 5.10 Å². The van der Waals surface area contributed by atoms with E-state index in [-0.39, 0.29) is 18.6 Å². The Morgan fingerprint density at radius 1 is 1.21 bits per heavy atom. The zero-order valence-corrected chi connectivity index (χ0v) is 7.48. The van der Waals surface area contributed by atoms with Crippen LogP contribution in [0.25, 0.3) is 0 Å². The van der Waals surface area contributed by atoms with Crippen molar-refractivity contribution in [1.82, 2.24) is 5.43 Å². The lowest BCUT2D eigenvalue weighted by Gasteiger charge is -1.98. The first kappa shape index (κ1) is 12.1. The number of hydrogen-bond acceptors (Lipinski definition) is 4. The predicted molar refractivity (Wildman–Crippen MR) is 45.8 cm³/mol. The number of aliphatic carboxylic acids is 2. The number of nitrogens with zero attached hydrogens (tertiary/aromatic N) is 1. The summed E-state index contributed by atoms with van der Waals surface area (Å²) in [5.74, 6) is -2.99. The topological polar surface area (TPSA) is 116 Å². The Morgan fingerprint density at radius 3 is 2.14 bits per heavy atom. The second-order valence-corrected chi connectivity index (χ2v) is 2.43. The second-order valence-electron chi connectivity index (χ2n) is 2.43. The van der Waals surface area contributed by atoms with Crippen LogP contribution in [-0.4, -0.2) is 33.8 Å². The Balaban J connectivity index is 4.29. The van der Waals surface area contributed by atoms with Crippen LogP contribution in [0.2, 0.25) is 0 Å². The van der Waals surface area contributed by atoms with Gasteiger partial charge in [-0.1, -0.05) is 0 Å². The summed E-state index contributed by atoms with van der Waals surface area (Å²) in [7, 11) is 0. The van der Waals surface area contributed by atoms with E-state index in [4.69, 9.17) is 10.2 Å². The quantitative estimate of drug-likeness (QED) is 0.407. The molecule has 14 heavy (non-hydrogen) atoms. The molecular formula is C7H10N2O5. The van der Waals surface area contributed by atoms with Crippen molar-refractivity contribution in [3.8, 4) is 0 Å². The first-order valence-electron chi connectivity index (χ1n) is 3.71. The highest BCUT2D eigenvalue weighted by Gasteiger charge is 2.11. The van der Waals surface area contributed by atoms with Gasteiger partial charge in [-0.3, -0.25) is 9.59 Å². The smallest absolute Gasteiger partial charge is 0.352 e. The molecule has 0 aromatic carbocycles. The summed E-state index contributed by atoms with van der Waals surface area (Å²) in [6.45, 7) is 1.17. The van der Waals surface area contributed by atoms with Gasteiger partial charge in [0.15, 0.2) is 0 Å². The molecule has 0 saturated carbocycles.